The molecule has 0 radical (unpaired) electrons. The number of nitrogens with zero attached hydrogens (tertiary/aromatic N) is 2. The zero-order valence-corrected chi connectivity index (χ0v) is 8.87. The van der Waals surface area contributed by atoms with Crippen LogP contribution in [0.15, 0.2) is 4.99 Å². The van der Waals surface area contributed by atoms with E-state index >= 15 is 0 Å². The highest BCUT2D eigenvalue weighted by Gasteiger charge is 2.40. The van der Waals surface area contributed by atoms with Crippen molar-refractivity contribution in [2.75, 3.05) is 20.1 Å². The predicted molar refractivity (Wildman–Crippen MR) is 57.6 cm³/mol. The maximum Gasteiger partial charge on any atom is 0.0997 e. The Kier molecular flexibility index (Phi) is 2.01. The summed E-state index contributed by atoms with van der Waals surface area (Å²) in [5.41, 5.74) is 0. The third-order valence-corrected chi connectivity index (χ3v) is 4.19. The highest BCUT2D eigenvalue weighted by molar-refractivity contribution is 5.86. The number of nitrogens with one attached hydrogen (secondary N) is 1. The molecule has 3 aliphatic heterocycles. The van der Waals surface area contributed by atoms with Crippen LogP contribution >= 0.6 is 0 Å². The van der Waals surface area contributed by atoms with E-state index in [4.69, 9.17) is 0 Å². The molecule has 2 atom stereocenters. The first-order chi connectivity index (χ1) is 6.84. The van der Waals surface area contributed by atoms with Crippen molar-refractivity contribution in [3.05, 3.63) is 0 Å². The molecule has 2 saturated heterocycles. The summed E-state index contributed by atoms with van der Waals surface area (Å²) in [7, 11) is 2.29. The molecule has 14 heavy (non-hydrogen) atoms. The molecule has 78 valence electrons. The fourth-order valence-electron chi connectivity index (χ4n) is 3.32. The van der Waals surface area contributed by atoms with Crippen molar-refractivity contribution in [2.24, 2.45) is 10.9 Å². The lowest BCUT2D eigenvalue weighted by atomic mass is 9.90. The van der Waals surface area contributed by atoms with E-state index < -0.39 is 0 Å². The third kappa shape index (κ3) is 1.26. The van der Waals surface area contributed by atoms with E-state index in [-0.39, 0.29) is 0 Å². The second-order valence-electron chi connectivity index (χ2n) is 4.91. The number of piperidine rings is 1. The largest absolute Gasteiger partial charge is 0.372 e. The smallest absolute Gasteiger partial charge is 0.0997 e. The van der Waals surface area contributed by atoms with Gasteiger partial charge in [0.15, 0.2) is 0 Å². The van der Waals surface area contributed by atoms with Gasteiger partial charge in [-0.05, 0) is 32.7 Å². The maximum absolute atomic E-state index is 4.57. The molecule has 2 bridgehead atoms. The molecular formula is C11H19N3. The molecule has 2 unspecified atom stereocenters. The molecule has 3 rings (SSSR count). The van der Waals surface area contributed by atoms with Crippen molar-refractivity contribution in [1.29, 1.82) is 0 Å². The minimum Gasteiger partial charge on any atom is -0.372 e. The molecule has 0 amide bonds. The lowest BCUT2D eigenvalue weighted by molar-refractivity contribution is 0.157. The van der Waals surface area contributed by atoms with Crippen LogP contribution in [0.4, 0.5) is 0 Å². The zero-order chi connectivity index (χ0) is 9.54. The van der Waals surface area contributed by atoms with Gasteiger partial charge < -0.3 is 10.2 Å². The number of amidine groups is 1. The highest BCUT2D eigenvalue weighted by atomic mass is 15.2. The topological polar surface area (TPSA) is 27.6 Å². The number of fused-ring (bicyclic) bond motifs is 2. The van der Waals surface area contributed by atoms with Gasteiger partial charge in [-0.25, -0.2) is 0 Å². The molecule has 0 aromatic rings. The molecule has 0 aromatic carbocycles. The van der Waals surface area contributed by atoms with Crippen molar-refractivity contribution < 1.29 is 0 Å². The summed E-state index contributed by atoms with van der Waals surface area (Å²) in [6.45, 7) is 2.06. The van der Waals surface area contributed by atoms with Crippen LogP contribution in [-0.2, 0) is 0 Å². The van der Waals surface area contributed by atoms with Gasteiger partial charge in [0.25, 0.3) is 0 Å². The van der Waals surface area contributed by atoms with Gasteiger partial charge in [-0.15, -0.1) is 0 Å². The van der Waals surface area contributed by atoms with Gasteiger partial charge in [-0.2, -0.15) is 0 Å². The first kappa shape index (κ1) is 8.72. The molecule has 0 saturated carbocycles. The molecule has 3 aliphatic rings. The maximum atomic E-state index is 4.57. The molecule has 0 aliphatic carbocycles. The summed E-state index contributed by atoms with van der Waals surface area (Å²) >= 11 is 0. The normalized spacial score (nSPS) is 42.4. The van der Waals surface area contributed by atoms with E-state index in [1.165, 1.54) is 31.5 Å². The standard InChI is InChI=1S/C11H19N3/c1-14-9-2-3-10(14)7-8(6-9)11-12-4-5-13-11/h8-10H,2-7H2,1H3,(H,12,13). The fraction of sp³-hybridized carbons (Fsp3) is 0.909. The minimum atomic E-state index is 0.742. The Labute approximate surface area is 85.6 Å². The van der Waals surface area contributed by atoms with E-state index in [1.807, 2.05) is 0 Å². The van der Waals surface area contributed by atoms with Gasteiger partial charge in [-0.1, -0.05) is 0 Å². The number of rotatable bonds is 1. The first-order valence-electron chi connectivity index (χ1n) is 5.85. The SMILES string of the molecule is CN1C2CCC1CC(C1=NCCN1)C2. The molecule has 0 spiro atoms. The summed E-state index contributed by atoms with van der Waals surface area (Å²) in [5.74, 6) is 2.06. The van der Waals surface area contributed by atoms with Gasteiger partial charge in [0.05, 0.1) is 12.4 Å². The Morgan fingerprint density at radius 1 is 1.29 bits per heavy atom. The van der Waals surface area contributed by atoms with Crippen LogP contribution in [0.1, 0.15) is 25.7 Å². The Balaban J connectivity index is 1.73. The molecule has 1 N–H and O–H groups in total. The minimum absolute atomic E-state index is 0.742. The number of hydrogen-bond acceptors (Lipinski definition) is 3. The van der Waals surface area contributed by atoms with Crippen LogP contribution in [0.2, 0.25) is 0 Å². The third-order valence-electron chi connectivity index (χ3n) is 4.19. The van der Waals surface area contributed by atoms with Gasteiger partial charge in [0.2, 0.25) is 0 Å². The van der Waals surface area contributed by atoms with E-state index in [0.717, 1.165) is 31.1 Å². The Morgan fingerprint density at radius 3 is 2.57 bits per heavy atom. The van der Waals surface area contributed by atoms with Crippen LogP contribution in [0, 0.1) is 5.92 Å². The predicted octanol–water partition coefficient (Wildman–Crippen LogP) is 0.861. The van der Waals surface area contributed by atoms with Gasteiger partial charge in [0, 0.05) is 24.5 Å². The van der Waals surface area contributed by atoms with E-state index in [2.05, 4.69) is 22.3 Å². The average Bonchev–Trinajstić information content (AvgIpc) is 2.75. The van der Waals surface area contributed by atoms with Crippen LogP contribution in [0.3, 0.4) is 0 Å². The van der Waals surface area contributed by atoms with E-state index in [0.29, 0.717) is 0 Å². The van der Waals surface area contributed by atoms with Gasteiger partial charge in [0.1, 0.15) is 0 Å². The van der Waals surface area contributed by atoms with Crippen molar-refractivity contribution in [3.63, 3.8) is 0 Å². The first-order valence-corrected chi connectivity index (χ1v) is 5.85. The Morgan fingerprint density at radius 2 is 2.00 bits per heavy atom. The van der Waals surface area contributed by atoms with Crippen molar-refractivity contribution in [2.45, 2.75) is 37.8 Å². The highest BCUT2D eigenvalue weighted by Crippen LogP contribution is 2.37. The molecule has 3 heterocycles. The summed E-state index contributed by atoms with van der Waals surface area (Å²) in [6, 6.07) is 1.67. The van der Waals surface area contributed by atoms with E-state index in [9.17, 15) is 0 Å². The summed E-state index contributed by atoms with van der Waals surface area (Å²) in [5, 5.41) is 3.44. The average molecular weight is 193 g/mol. The van der Waals surface area contributed by atoms with Gasteiger partial charge >= 0.3 is 0 Å². The Hall–Kier alpha value is -0.570. The zero-order valence-electron chi connectivity index (χ0n) is 8.87. The quantitative estimate of drug-likeness (QED) is 0.669. The van der Waals surface area contributed by atoms with Crippen molar-refractivity contribution in [3.8, 4) is 0 Å². The second kappa shape index (κ2) is 3.23. The van der Waals surface area contributed by atoms with Crippen molar-refractivity contribution >= 4 is 5.84 Å². The summed E-state index contributed by atoms with van der Waals surface area (Å²) in [4.78, 5) is 7.16. The van der Waals surface area contributed by atoms with Gasteiger partial charge in [-0.3, -0.25) is 4.99 Å². The molecular weight excluding hydrogens is 174 g/mol. The van der Waals surface area contributed by atoms with Crippen LogP contribution in [0.25, 0.3) is 0 Å². The lowest BCUT2D eigenvalue weighted by Gasteiger charge is -2.36. The number of aliphatic imine (C=N–C) groups is 1. The fourth-order valence-corrected chi connectivity index (χ4v) is 3.32. The monoisotopic (exact) mass is 193 g/mol. The second-order valence-corrected chi connectivity index (χ2v) is 4.91. The van der Waals surface area contributed by atoms with Crippen LogP contribution in [0.5, 0.6) is 0 Å². The van der Waals surface area contributed by atoms with E-state index in [1.54, 1.807) is 0 Å². The summed E-state index contributed by atoms with van der Waals surface area (Å²) < 4.78 is 0. The van der Waals surface area contributed by atoms with Crippen LogP contribution in [-0.4, -0.2) is 43.0 Å². The number of hydrogen-bond donors (Lipinski definition) is 1. The molecule has 0 aromatic heterocycles. The lowest BCUT2D eigenvalue weighted by Crippen LogP contribution is -2.44. The summed E-state index contributed by atoms with van der Waals surface area (Å²) in [6.07, 6.45) is 5.48. The molecule has 3 heteroatoms. The van der Waals surface area contributed by atoms with Crippen molar-refractivity contribution in [1.82, 2.24) is 10.2 Å². The Bertz CT molecular complexity index is 247. The van der Waals surface area contributed by atoms with Crippen LogP contribution < -0.4 is 5.32 Å². The molecule has 3 nitrogen and oxygen atoms in total. The molecule has 2 fully saturated rings.